The SMILES string of the molecule is CC(C)C1(O)CN(CC2CC3CCC2C3)C1. The Hall–Kier alpha value is -0.0800. The number of fused-ring (bicyclic) bond motifs is 2. The van der Waals surface area contributed by atoms with Crippen LogP contribution >= 0.6 is 0 Å². The third-order valence-corrected chi connectivity index (χ3v) is 5.45. The van der Waals surface area contributed by atoms with Crippen molar-refractivity contribution >= 4 is 0 Å². The summed E-state index contributed by atoms with van der Waals surface area (Å²) < 4.78 is 0. The Morgan fingerprint density at radius 1 is 1.25 bits per heavy atom. The number of aliphatic hydroxyl groups is 1. The Morgan fingerprint density at radius 3 is 2.50 bits per heavy atom. The Labute approximate surface area is 99.0 Å². The zero-order valence-electron chi connectivity index (χ0n) is 10.7. The topological polar surface area (TPSA) is 23.5 Å². The van der Waals surface area contributed by atoms with Crippen LogP contribution in [-0.2, 0) is 0 Å². The molecule has 92 valence electrons. The molecule has 2 heteroatoms. The van der Waals surface area contributed by atoms with Crippen LogP contribution in [0.1, 0.15) is 39.5 Å². The van der Waals surface area contributed by atoms with Gasteiger partial charge < -0.3 is 5.11 Å². The Bertz CT molecular complexity index is 270. The first kappa shape index (κ1) is 11.0. The number of rotatable bonds is 3. The van der Waals surface area contributed by atoms with Gasteiger partial charge in [0.15, 0.2) is 0 Å². The lowest BCUT2D eigenvalue weighted by molar-refractivity contribution is -0.132. The van der Waals surface area contributed by atoms with E-state index >= 15 is 0 Å². The lowest BCUT2D eigenvalue weighted by Gasteiger charge is -2.50. The molecule has 3 unspecified atom stereocenters. The minimum absolute atomic E-state index is 0.377. The van der Waals surface area contributed by atoms with Gasteiger partial charge in [0.05, 0.1) is 5.60 Å². The quantitative estimate of drug-likeness (QED) is 0.792. The molecule has 3 fully saturated rings. The van der Waals surface area contributed by atoms with Gasteiger partial charge in [0.2, 0.25) is 0 Å². The van der Waals surface area contributed by atoms with Crippen molar-refractivity contribution in [3.8, 4) is 0 Å². The number of hydrogen-bond acceptors (Lipinski definition) is 2. The van der Waals surface area contributed by atoms with Gasteiger partial charge in [0, 0.05) is 19.6 Å². The zero-order valence-corrected chi connectivity index (χ0v) is 10.7. The van der Waals surface area contributed by atoms with Gasteiger partial charge in [-0.05, 0) is 42.9 Å². The van der Waals surface area contributed by atoms with Gasteiger partial charge in [-0.25, -0.2) is 0 Å². The summed E-state index contributed by atoms with van der Waals surface area (Å²) in [6.45, 7) is 7.36. The van der Waals surface area contributed by atoms with Crippen LogP contribution in [0, 0.1) is 23.7 Å². The second-order valence-electron chi connectivity index (χ2n) is 6.86. The molecule has 1 N–H and O–H groups in total. The molecule has 2 aliphatic carbocycles. The van der Waals surface area contributed by atoms with Crippen LogP contribution in [0.2, 0.25) is 0 Å². The average molecular weight is 223 g/mol. The highest BCUT2D eigenvalue weighted by atomic mass is 16.3. The summed E-state index contributed by atoms with van der Waals surface area (Å²) in [5.41, 5.74) is -0.377. The largest absolute Gasteiger partial charge is 0.387 e. The summed E-state index contributed by atoms with van der Waals surface area (Å²) in [4.78, 5) is 2.48. The Morgan fingerprint density at radius 2 is 2.00 bits per heavy atom. The molecule has 2 saturated carbocycles. The minimum Gasteiger partial charge on any atom is -0.387 e. The number of nitrogens with zero attached hydrogens (tertiary/aromatic N) is 1. The van der Waals surface area contributed by atoms with E-state index in [9.17, 15) is 5.11 Å². The van der Waals surface area contributed by atoms with Gasteiger partial charge in [0.25, 0.3) is 0 Å². The van der Waals surface area contributed by atoms with E-state index in [0.717, 1.165) is 30.8 Å². The molecule has 16 heavy (non-hydrogen) atoms. The summed E-state index contributed by atoms with van der Waals surface area (Å²) in [5.74, 6) is 3.44. The summed E-state index contributed by atoms with van der Waals surface area (Å²) in [6.07, 6.45) is 5.96. The molecule has 2 nitrogen and oxygen atoms in total. The number of likely N-dealkylation sites (tertiary alicyclic amines) is 1. The van der Waals surface area contributed by atoms with Crippen molar-refractivity contribution in [3.63, 3.8) is 0 Å². The predicted octanol–water partition coefficient (Wildman–Crippen LogP) is 2.13. The fraction of sp³-hybridized carbons (Fsp3) is 1.00. The van der Waals surface area contributed by atoms with Gasteiger partial charge in [0.1, 0.15) is 0 Å². The molecule has 3 rings (SSSR count). The van der Waals surface area contributed by atoms with Gasteiger partial charge in [-0.2, -0.15) is 0 Å². The van der Waals surface area contributed by atoms with Crippen LogP contribution in [0.3, 0.4) is 0 Å². The Balaban J connectivity index is 1.48. The second-order valence-corrected chi connectivity index (χ2v) is 6.86. The molecule has 1 saturated heterocycles. The van der Waals surface area contributed by atoms with E-state index in [0.29, 0.717) is 5.92 Å². The average Bonchev–Trinajstić information content (AvgIpc) is 2.76. The van der Waals surface area contributed by atoms with E-state index in [2.05, 4.69) is 18.7 Å². The summed E-state index contributed by atoms with van der Waals surface area (Å²) in [5, 5.41) is 10.2. The first-order valence-corrected chi connectivity index (χ1v) is 7.01. The van der Waals surface area contributed by atoms with Crippen molar-refractivity contribution in [1.29, 1.82) is 0 Å². The normalized spacial score (nSPS) is 41.6. The third-order valence-electron chi connectivity index (χ3n) is 5.45. The molecular formula is C14H25NO. The van der Waals surface area contributed by atoms with E-state index in [1.165, 1.54) is 32.2 Å². The fourth-order valence-corrected chi connectivity index (χ4v) is 4.15. The smallest absolute Gasteiger partial charge is 0.0922 e. The van der Waals surface area contributed by atoms with Crippen molar-refractivity contribution in [2.24, 2.45) is 23.7 Å². The monoisotopic (exact) mass is 223 g/mol. The molecule has 0 aromatic carbocycles. The van der Waals surface area contributed by atoms with Crippen LogP contribution in [0.25, 0.3) is 0 Å². The van der Waals surface area contributed by atoms with Crippen molar-refractivity contribution in [3.05, 3.63) is 0 Å². The van der Waals surface area contributed by atoms with Crippen LogP contribution in [0.5, 0.6) is 0 Å². The first-order valence-electron chi connectivity index (χ1n) is 7.01. The molecule has 0 spiro atoms. The number of β-amino-alcohol motifs (C(OH)–C–C–N with tert-alkyl or cyclic N) is 1. The predicted molar refractivity (Wildman–Crippen MR) is 65.2 cm³/mol. The molecule has 3 aliphatic rings. The Kier molecular flexibility index (Phi) is 2.56. The van der Waals surface area contributed by atoms with Crippen LogP contribution < -0.4 is 0 Å². The van der Waals surface area contributed by atoms with E-state index in [4.69, 9.17) is 0 Å². The molecular weight excluding hydrogens is 198 g/mol. The van der Waals surface area contributed by atoms with E-state index < -0.39 is 0 Å². The van der Waals surface area contributed by atoms with Gasteiger partial charge >= 0.3 is 0 Å². The maximum Gasteiger partial charge on any atom is 0.0922 e. The maximum absolute atomic E-state index is 10.2. The highest BCUT2D eigenvalue weighted by Gasteiger charge is 2.46. The van der Waals surface area contributed by atoms with E-state index in [1.807, 2.05) is 0 Å². The van der Waals surface area contributed by atoms with Crippen molar-refractivity contribution < 1.29 is 5.11 Å². The van der Waals surface area contributed by atoms with Crippen molar-refractivity contribution in [2.75, 3.05) is 19.6 Å². The maximum atomic E-state index is 10.2. The molecule has 0 amide bonds. The van der Waals surface area contributed by atoms with Crippen LogP contribution in [0.15, 0.2) is 0 Å². The van der Waals surface area contributed by atoms with Gasteiger partial charge in [-0.3, -0.25) is 4.90 Å². The highest BCUT2D eigenvalue weighted by molar-refractivity contribution is 5.00. The third kappa shape index (κ3) is 1.70. The van der Waals surface area contributed by atoms with Crippen molar-refractivity contribution in [1.82, 2.24) is 4.90 Å². The standard InChI is InChI=1S/C14H25NO/c1-10(2)14(16)8-15(9-14)7-13-6-11-3-4-12(13)5-11/h10-13,16H,3-9H2,1-2H3. The van der Waals surface area contributed by atoms with Crippen LogP contribution in [-0.4, -0.2) is 35.2 Å². The lowest BCUT2D eigenvalue weighted by Crippen LogP contribution is -2.65. The van der Waals surface area contributed by atoms with Gasteiger partial charge in [-0.15, -0.1) is 0 Å². The molecule has 1 aliphatic heterocycles. The first-order chi connectivity index (χ1) is 7.57. The van der Waals surface area contributed by atoms with E-state index in [1.54, 1.807) is 0 Å². The second kappa shape index (κ2) is 3.71. The van der Waals surface area contributed by atoms with Crippen molar-refractivity contribution in [2.45, 2.75) is 45.1 Å². The minimum atomic E-state index is -0.377. The van der Waals surface area contributed by atoms with Crippen LogP contribution in [0.4, 0.5) is 0 Å². The number of hydrogen-bond donors (Lipinski definition) is 1. The molecule has 3 atom stereocenters. The highest BCUT2D eigenvalue weighted by Crippen LogP contribution is 2.49. The summed E-state index contributed by atoms with van der Waals surface area (Å²) in [7, 11) is 0. The summed E-state index contributed by atoms with van der Waals surface area (Å²) in [6, 6.07) is 0. The summed E-state index contributed by atoms with van der Waals surface area (Å²) >= 11 is 0. The molecule has 2 bridgehead atoms. The lowest BCUT2D eigenvalue weighted by atomic mass is 9.81. The zero-order chi connectivity index (χ0) is 11.3. The van der Waals surface area contributed by atoms with E-state index in [-0.39, 0.29) is 5.60 Å². The molecule has 1 heterocycles. The fourth-order valence-electron chi connectivity index (χ4n) is 4.15. The molecule has 0 aromatic heterocycles. The molecule has 0 radical (unpaired) electrons. The van der Waals surface area contributed by atoms with Gasteiger partial charge in [-0.1, -0.05) is 20.3 Å². The molecule has 0 aromatic rings.